The Morgan fingerprint density at radius 1 is 1.83 bits per heavy atom. The maximum absolute atomic E-state index is 10.3. The molecule has 1 aliphatic heterocycles. The number of allylic oxidation sites excluding steroid dienone is 1. The van der Waals surface area contributed by atoms with Gasteiger partial charge in [-0.05, 0) is 11.6 Å². The first-order valence-corrected chi connectivity index (χ1v) is 3.68. The van der Waals surface area contributed by atoms with Crippen LogP contribution in [0, 0.1) is 0 Å². The molecule has 1 heterocycles. The van der Waals surface area contributed by atoms with Crippen molar-refractivity contribution in [2.45, 2.75) is 12.6 Å². The van der Waals surface area contributed by atoms with Crippen LogP contribution in [0.15, 0.2) is 23.9 Å². The molecule has 1 rings (SSSR count). The van der Waals surface area contributed by atoms with Crippen molar-refractivity contribution < 1.29 is 9.90 Å². The zero-order valence-electron chi connectivity index (χ0n) is 6.90. The van der Waals surface area contributed by atoms with E-state index in [-0.39, 0.29) is 12.6 Å². The first-order chi connectivity index (χ1) is 5.59. The first-order valence-electron chi connectivity index (χ1n) is 3.68. The fourth-order valence-corrected chi connectivity index (χ4v) is 1.03. The smallest absolute Gasteiger partial charge is 0.307 e. The van der Waals surface area contributed by atoms with Gasteiger partial charge in [0.2, 0.25) is 0 Å². The van der Waals surface area contributed by atoms with E-state index >= 15 is 0 Å². The fourth-order valence-electron chi connectivity index (χ4n) is 1.03. The van der Waals surface area contributed by atoms with Crippen molar-refractivity contribution in [3.63, 3.8) is 0 Å². The minimum Gasteiger partial charge on any atom is -0.481 e. The molecule has 0 aromatic rings. The topological polar surface area (TPSA) is 66.6 Å². The fraction of sp³-hybridized carbons (Fsp3) is 0.375. The van der Waals surface area contributed by atoms with E-state index < -0.39 is 5.97 Å². The number of rotatable bonds is 2. The molecule has 0 saturated carbocycles. The minimum atomic E-state index is -0.824. The summed E-state index contributed by atoms with van der Waals surface area (Å²) >= 11 is 0. The van der Waals surface area contributed by atoms with Crippen LogP contribution in [-0.4, -0.2) is 29.2 Å². The highest BCUT2D eigenvalue weighted by Gasteiger charge is 2.10. The molecular weight excluding hydrogens is 156 g/mol. The summed E-state index contributed by atoms with van der Waals surface area (Å²) in [5.41, 5.74) is 6.39. The molecule has 0 aliphatic carbocycles. The molecule has 3 N–H and O–H groups in total. The van der Waals surface area contributed by atoms with Crippen LogP contribution in [0.2, 0.25) is 0 Å². The summed E-state index contributed by atoms with van der Waals surface area (Å²) in [6, 6.07) is 0. The number of carboxylic acids is 1. The lowest BCUT2D eigenvalue weighted by Gasteiger charge is -2.24. The molecule has 0 aromatic heterocycles. The minimum absolute atomic E-state index is 0.0492. The predicted octanol–water partition coefficient (Wildman–Crippen LogP) is 0.131. The summed E-state index contributed by atoms with van der Waals surface area (Å²) in [4.78, 5) is 12.1. The van der Waals surface area contributed by atoms with E-state index in [0.29, 0.717) is 0 Å². The second-order valence-corrected chi connectivity index (χ2v) is 2.79. The van der Waals surface area contributed by atoms with Gasteiger partial charge in [-0.2, -0.15) is 0 Å². The van der Waals surface area contributed by atoms with Crippen LogP contribution in [0.25, 0.3) is 0 Å². The third kappa shape index (κ3) is 2.10. The normalized spacial score (nSPS) is 22.3. The quantitative estimate of drug-likeness (QED) is 0.615. The average Bonchev–Trinajstić information content (AvgIpc) is 1.96. The average molecular weight is 168 g/mol. The summed E-state index contributed by atoms with van der Waals surface area (Å²) in [7, 11) is 1.82. The Morgan fingerprint density at radius 2 is 2.50 bits per heavy atom. The second-order valence-electron chi connectivity index (χ2n) is 2.79. The molecule has 0 aromatic carbocycles. The SMILES string of the molecule is CN1C=C(CC(=O)O)C=CC1N. The van der Waals surface area contributed by atoms with E-state index in [1.807, 2.05) is 7.05 Å². The van der Waals surface area contributed by atoms with Gasteiger partial charge in [0.15, 0.2) is 0 Å². The zero-order chi connectivity index (χ0) is 9.14. The van der Waals surface area contributed by atoms with Crippen molar-refractivity contribution in [3.8, 4) is 0 Å². The maximum atomic E-state index is 10.3. The van der Waals surface area contributed by atoms with Gasteiger partial charge in [0.25, 0.3) is 0 Å². The van der Waals surface area contributed by atoms with Crippen molar-refractivity contribution in [1.82, 2.24) is 4.90 Å². The lowest BCUT2D eigenvalue weighted by Crippen LogP contribution is -2.35. The van der Waals surface area contributed by atoms with Gasteiger partial charge >= 0.3 is 5.97 Å². The number of carboxylic acid groups (broad SMARTS) is 1. The molecular formula is C8H12N2O2. The van der Waals surface area contributed by atoms with Gasteiger partial charge in [-0.3, -0.25) is 4.79 Å². The summed E-state index contributed by atoms with van der Waals surface area (Å²) in [5, 5.41) is 8.49. The van der Waals surface area contributed by atoms with Gasteiger partial charge in [-0.15, -0.1) is 0 Å². The van der Waals surface area contributed by atoms with Crippen LogP contribution >= 0.6 is 0 Å². The monoisotopic (exact) mass is 168 g/mol. The largest absolute Gasteiger partial charge is 0.481 e. The molecule has 0 bridgehead atoms. The van der Waals surface area contributed by atoms with Crippen LogP contribution in [0.4, 0.5) is 0 Å². The number of nitrogens with zero attached hydrogens (tertiary/aromatic N) is 1. The van der Waals surface area contributed by atoms with E-state index in [1.165, 1.54) is 0 Å². The van der Waals surface area contributed by atoms with Gasteiger partial charge in [0, 0.05) is 13.2 Å². The van der Waals surface area contributed by atoms with E-state index in [2.05, 4.69) is 0 Å². The molecule has 1 unspecified atom stereocenters. The van der Waals surface area contributed by atoms with E-state index in [1.54, 1.807) is 23.3 Å². The molecule has 0 radical (unpaired) electrons. The van der Waals surface area contributed by atoms with Gasteiger partial charge in [-0.1, -0.05) is 6.08 Å². The number of likely N-dealkylation sites (N-methyl/N-ethyl adjacent to an activating group) is 1. The molecule has 0 spiro atoms. The van der Waals surface area contributed by atoms with Crippen molar-refractivity contribution in [3.05, 3.63) is 23.9 Å². The molecule has 0 fully saturated rings. The molecule has 1 atom stereocenters. The highest BCUT2D eigenvalue weighted by Crippen LogP contribution is 2.11. The summed E-state index contributed by atoms with van der Waals surface area (Å²) < 4.78 is 0. The summed E-state index contributed by atoms with van der Waals surface area (Å²) in [5.74, 6) is -0.824. The van der Waals surface area contributed by atoms with Crippen LogP contribution in [0.5, 0.6) is 0 Å². The molecule has 12 heavy (non-hydrogen) atoms. The van der Waals surface area contributed by atoms with Gasteiger partial charge in [0.05, 0.1) is 12.6 Å². The van der Waals surface area contributed by atoms with E-state index in [9.17, 15) is 4.79 Å². The third-order valence-corrected chi connectivity index (χ3v) is 1.70. The van der Waals surface area contributed by atoms with Crippen LogP contribution < -0.4 is 5.73 Å². The number of nitrogens with two attached hydrogens (primary N) is 1. The Morgan fingerprint density at radius 3 is 3.00 bits per heavy atom. The van der Waals surface area contributed by atoms with Crippen molar-refractivity contribution in [1.29, 1.82) is 0 Å². The molecule has 4 nitrogen and oxygen atoms in total. The molecule has 4 heteroatoms. The molecule has 66 valence electrons. The van der Waals surface area contributed by atoms with E-state index in [0.717, 1.165) is 5.57 Å². The Bertz CT molecular complexity index is 245. The van der Waals surface area contributed by atoms with Gasteiger partial charge < -0.3 is 15.7 Å². The molecule has 0 amide bonds. The first kappa shape index (κ1) is 8.80. The third-order valence-electron chi connectivity index (χ3n) is 1.70. The van der Waals surface area contributed by atoms with E-state index in [4.69, 9.17) is 10.8 Å². The molecule has 0 saturated heterocycles. The lowest BCUT2D eigenvalue weighted by atomic mass is 10.1. The van der Waals surface area contributed by atoms with Crippen LogP contribution in [0.1, 0.15) is 6.42 Å². The van der Waals surface area contributed by atoms with Crippen molar-refractivity contribution in [2.75, 3.05) is 7.05 Å². The van der Waals surface area contributed by atoms with Crippen LogP contribution in [-0.2, 0) is 4.79 Å². The number of hydrogen-bond donors (Lipinski definition) is 2. The molecule has 1 aliphatic rings. The standard InChI is InChI=1S/C8H12N2O2/c1-10-5-6(4-8(11)12)2-3-7(10)9/h2-3,5,7H,4,9H2,1H3,(H,11,12). The lowest BCUT2D eigenvalue weighted by molar-refractivity contribution is -0.136. The zero-order valence-corrected chi connectivity index (χ0v) is 6.90. The van der Waals surface area contributed by atoms with Crippen molar-refractivity contribution >= 4 is 5.97 Å². The number of carbonyl (C=O) groups is 1. The maximum Gasteiger partial charge on any atom is 0.307 e. The Kier molecular flexibility index (Phi) is 2.50. The highest BCUT2D eigenvalue weighted by atomic mass is 16.4. The highest BCUT2D eigenvalue weighted by molar-refractivity contribution is 5.71. The van der Waals surface area contributed by atoms with Crippen LogP contribution in [0.3, 0.4) is 0 Å². The Labute approximate surface area is 71.0 Å². The predicted molar refractivity (Wildman–Crippen MR) is 45.2 cm³/mol. The second kappa shape index (κ2) is 3.40. The number of aliphatic carboxylic acids is 1. The van der Waals surface area contributed by atoms with Gasteiger partial charge in [-0.25, -0.2) is 0 Å². The summed E-state index contributed by atoms with van der Waals surface area (Å²) in [6.45, 7) is 0. The van der Waals surface area contributed by atoms with Crippen molar-refractivity contribution in [2.24, 2.45) is 5.73 Å². The Hall–Kier alpha value is -1.29. The summed E-state index contributed by atoms with van der Waals surface area (Å²) in [6.07, 6.45) is 5.19. The van der Waals surface area contributed by atoms with Gasteiger partial charge in [0.1, 0.15) is 0 Å². The number of hydrogen-bond acceptors (Lipinski definition) is 3. The Balaban J connectivity index is 2.63.